The number of H-pyrrole nitrogens is 2. The smallest absolute Gasteiger partial charge is 0.323 e. The summed E-state index contributed by atoms with van der Waals surface area (Å²) < 4.78 is 0. The number of amides is 3. The van der Waals surface area contributed by atoms with E-state index in [0.29, 0.717) is 53.8 Å². The van der Waals surface area contributed by atoms with Crippen LogP contribution >= 0.6 is 12.4 Å². The fraction of sp³-hybridized carbons (Fsp3) is 0.462. The van der Waals surface area contributed by atoms with E-state index in [2.05, 4.69) is 39.3 Å². The Hall–Kier alpha value is -4.36. The van der Waals surface area contributed by atoms with E-state index in [0.717, 1.165) is 60.9 Å². The first-order valence-electron chi connectivity index (χ1n) is 18.1. The van der Waals surface area contributed by atoms with E-state index in [1.807, 2.05) is 37.3 Å². The highest BCUT2D eigenvalue weighted by atomic mass is 35.5. The maximum absolute atomic E-state index is 14.0. The number of carbonyl (C=O) groups is 3. The number of aryl methyl sites for hydroxylation is 1. The molecule has 0 bridgehead atoms. The Balaban J connectivity index is 0.00000523. The number of aromatic nitrogens is 3. The van der Waals surface area contributed by atoms with Gasteiger partial charge in [0, 0.05) is 29.3 Å². The molecule has 0 spiro atoms. The van der Waals surface area contributed by atoms with Crippen LogP contribution in [0, 0.1) is 18.8 Å². The molecule has 52 heavy (non-hydrogen) atoms. The van der Waals surface area contributed by atoms with Crippen LogP contribution < -0.4 is 27.4 Å². The van der Waals surface area contributed by atoms with Crippen LogP contribution in [0.3, 0.4) is 0 Å². The highest BCUT2D eigenvalue weighted by Crippen LogP contribution is 2.32. The van der Waals surface area contributed by atoms with Gasteiger partial charge in [-0.3, -0.25) is 14.4 Å². The number of aromatic amines is 2. The standard InChI is InChI=1S/C39H50N8O4.ClH/c1-23-31(17-19-34(42-23)36(48)43-28-12-14-29(15-13-28)46(2)3)26-8-4-24(5-9-26)20-32(41)38(50)47(37(49)27-10-6-25(22-40)7-11-27)30-16-18-33-35(21-30)45-39(51)44-33;/h4-5,8-9,16-19,21,25,27-29,32H,6-7,10-15,20,22,40-41H2,1-3H3,(H,43,48)(H2,44,45,51);1H/t25-,27-,28?,29?,32-;/m0./s1. The summed E-state index contributed by atoms with van der Waals surface area (Å²) in [7, 11) is 4.21. The van der Waals surface area contributed by atoms with Crippen molar-refractivity contribution in [2.24, 2.45) is 23.3 Å². The minimum atomic E-state index is -0.986. The predicted molar refractivity (Wildman–Crippen MR) is 206 cm³/mol. The van der Waals surface area contributed by atoms with Crippen LogP contribution in [0.5, 0.6) is 0 Å². The molecule has 7 N–H and O–H groups in total. The van der Waals surface area contributed by atoms with Gasteiger partial charge in [0.25, 0.3) is 11.8 Å². The number of hydrogen-bond donors (Lipinski definition) is 5. The maximum Gasteiger partial charge on any atom is 0.323 e. The Morgan fingerprint density at radius 2 is 1.58 bits per heavy atom. The van der Waals surface area contributed by atoms with Gasteiger partial charge in [0.15, 0.2) is 0 Å². The van der Waals surface area contributed by atoms with Gasteiger partial charge in [-0.1, -0.05) is 30.3 Å². The number of carbonyl (C=O) groups excluding carboxylic acids is 3. The van der Waals surface area contributed by atoms with Gasteiger partial charge in [0.1, 0.15) is 5.69 Å². The summed E-state index contributed by atoms with van der Waals surface area (Å²) in [5, 5.41) is 3.17. The van der Waals surface area contributed by atoms with E-state index in [1.165, 1.54) is 4.90 Å². The highest BCUT2D eigenvalue weighted by Gasteiger charge is 2.35. The largest absolute Gasteiger partial charge is 0.348 e. The van der Waals surface area contributed by atoms with Crippen molar-refractivity contribution in [2.45, 2.75) is 82.8 Å². The molecule has 3 amide bonds. The fourth-order valence-corrected chi connectivity index (χ4v) is 7.67. The van der Waals surface area contributed by atoms with E-state index in [-0.39, 0.29) is 48.3 Å². The van der Waals surface area contributed by atoms with E-state index in [4.69, 9.17) is 11.5 Å². The predicted octanol–water partition coefficient (Wildman–Crippen LogP) is 4.45. The van der Waals surface area contributed by atoms with Crippen molar-refractivity contribution in [3.8, 4) is 11.1 Å². The first-order chi connectivity index (χ1) is 24.5. The van der Waals surface area contributed by atoms with Gasteiger partial charge in [0.2, 0.25) is 5.91 Å². The van der Waals surface area contributed by atoms with Crippen LogP contribution in [0.25, 0.3) is 22.2 Å². The lowest BCUT2D eigenvalue weighted by Crippen LogP contribution is -2.50. The van der Waals surface area contributed by atoms with Gasteiger partial charge in [-0.25, -0.2) is 14.7 Å². The molecule has 278 valence electrons. The number of nitrogens with one attached hydrogen (secondary N) is 3. The van der Waals surface area contributed by atoms with Crippen LogP contribution in [-0.2, 0) is 16.0 Å². The van der Waals surface area contributed by atoms with Crippen LogP contribution in [0.2, 0.25) is 0 Å². The Labute approximate surface area is 310 Å². The fourth-order valence-electron chi connectivity index (χ4n) is 7.67. The summed E-state index contributed by atoms with van der Waals surface area (Å²) in [6, 6.07) is 16.2. The average molecular weight is 731 g/mol. The summed E-state index contributed by atoms with van der Waals surface area (Å²) in [6.07, 6.45) is 7.26. The lowest BCUT2D eigenvalue weighted by Gasteiger charge is -2.32. The van der Waals surface area contributed by atoms with Gasteiger partial charge < -0.3 is 31.7 Å². The molecular weight excluding hydrogens is 680 g/mol. The quantitative estimate of drug-likeness (QED) is 0.159. The number of nitrogens with zero attached hydrogens (tertiary/aromatic N) is 3. The molecule has 4 aromatic rings. The Morgan fingerprint density at radius 3 is 2.21 bits per heavy atom. The Kier molecular flexibility index (Phi) is 12.7. The second-order valence-corrected chi connectivity index (χ2v) is 14.6. The number of imide groups is 1. The number of anilines is 1. The average Bonchev–Trinajstić information content (AvgIpc) is 3.51. The Bertz CT molecular complexity index is 1920. The summed E-state index contributed by atoms with van der Waals surface area (Å²) in [5.74, 6) is -0.868. The number of fused-ring (bicyclic) bond motifs is 1. The molecule has 2 aliphatic rings. The lowest BCUT2D eigenvalue weighted by molar-refractivity contribution is -0.130. The zero-order chi connectivity index (χ0) is 36.2. The van der Waals surface area contributed by atoms with Gasteiger partial charge in [0.05, 0.1) is 22.8 Å². The topological polar surface area (TPSA) is 183 Å². The third-order valence-electron chi connectivity index (χ3n) is 10.8. The van der Waals surface area contributed by atoms with Crippen molar-refractivity contribution in [3.05, 3.63) is 82.0 Å². The number of hydrogen-bond acceptors (Lipinski definition) is 8. The van der Waals surface area contributed by atoms with Crippen molar-refractivity contribution in [1.29, 1.82) is 0 Å². The number of rotatable bonds is 10. The van der Waals surface area contributed by atoms with E-state index >= 15 is 0 Å². The molecule has 0 unspecified atom stereocenters. The lowest BCUT2D eigenvalue weighted by atomic mass is 9.81. The summed E-state index contributed by atoms with van der Waals surface area (Å²) in [5.41, 5.74) is 17.3. The minimum Gasteiger partial charge on any atom is -0.348 e. The van der Waals surface area contributed by atoms with Gasteiger partial charge >= 0.3 is 5.69 Å². The van der Waals surface area contributed by atoms with Crippen molar-refractivity contribution in [2.75, 3.05) is 25.5 Å². The van der Waals surface area contributed by atoms with Crippen molar-refractivity contribution < 1.29 is 14.4 Å². The summed E-state index contributed by atoms with van der Waals surface area (Å²) in [4.78, 5) is 66.4. The van der Waals surface area contributed by atoms with Crippen LogP contribution in [0.4, 0.5) is 5.69 Å². The van der Waals surface area contributed by atoms with Crippen molar-refractivity contribution in [3.63, 3.8) is 0 Å². The molecule has 2 aromatic heterocycles. The van der Waals surface area contributed by atoms with Gasteiger partial charge in [-0.2, -0.15) is 0 Å². The minimum absolute atomic E-state index is 0. The maximum atomic E-state index is 14.0. The molecule has 0 radical (unpaired) electrons. The molecule has 1 atom stereocenters. The van der Waals surface area contributed by atoms with E-state index < -0.39 is 11.9 Å². The van der Waals surface area contributed by atoms with Gasteiger partial charge in [-0.05, 0) is 127 Å². The number of halogens is 1. The monoisotopic (exact) mass is 730 g/mol. The van der Waals surface area contributed by atoms with Crippen molar-refractivity contribution >= 4 is 46.8 Å². The first kappa shape index (κ1) is 38.9. The van der Waals surface area contributed by atoms with Crippen LogP contribution in [0.1, 0.15) is 73.1 Å². The molecule has 6 rings (SSSR count). The molecule has 0 aliphatic heterocycles. The van der Waals surface area contributed by atoms with E-state index in [9.17, 15) is 19.2 Å². The molecule has 12 nitrogen and oxygen atoms in total. The van der Waals surface area contributed by atoms with Gasteiger partial charge in [-0.15, -0.1) is 12.4 Å². The molecule has 2 saturated carbocycles. The molecule has 13 heteroatoms. The summed E-state index contributed by atoms with van der Waals surface area (Å²) >= 11 is 0. The summed E-state index contributed by atoms with van der Waals surface area (Å²) in [6.45, 7) is 2.48. The third kappa shape index (κ3) is 8.80. The normalized spacial score (nSPS) is 21.0. The third-order valence-corrected chi connectivity index (χ3v) is 10.8. The molecular formula is C39H51ClN8O4. The van der Waals surface area contributed by atoms with Crippen LogP contribution in [-0.4, -0.2) is 76.3 Å². The number of imidazole rings is 1. The van der Waals surface area contributed by atoms with Crippen molar-refractivity contribution in [1.82, 2.24) is 25.2 Å². The molecule has 2 fully saturated rings. The molecule has 0 saturated heterocycles. The molecule has 2 heterocycles. The SMILES string of the molecule is Cc1nc(C(=O)NC2CCC(N(C)C)CC2)ccc1-c1ccc(C[C@H](N)C(=O)N(c2ccc3[nH]c(=O)[nH]c3c2)C(=O)[C@H]2CC[C@H](CN)CC2)cc1.Cl. The second kappa shape index (κ2) is 17.0. The molecule has 2 aromatic carbocycles. The zero-order valence-electron chi connectivity index (χ0n) is 30.2. The molecule has 2 aliphatic carbocycles. The number of pyridine rings is 1. The zero-order valence-corrected chi connectivity index (χ0v) is 31.0. The van der Waals surface area contributed by atoms with Crippen LogP contribution in [0.15, 0.2) is 59.4 Å². The van der Waals surface area contributed by atoms with E-state index in [1.54, 1.807) is 24.3 Å². The second-order valence-electron chi connectivity index (χ2n) is 14.6. The first-order valence-corrected chi connectivity index (χ1v) is 18.1. The highest BCUT2D eigenvalue weighted by molar-refractivity contribution is 6.17. The number of nitrogens with two attached hydrogens (primary N) is 2. The number of benzene rings is 2. The Morgan fingerprint density at radius 1 is 0.904 bits per heavy atom.